The van der Waals surface area contributed by atoms with Gasteiger partial charge in [-0.1, -0.05) is 6.42 Å². The molecular weight excluding hydrogens is 176 g/mol. The summed E-state index contributed by atoms with van der Waals surface area (Å²) in [4.78, 5) is 2.44. The number of hydrogen-bond acceptors (Lipinski definition) is 3. The highest BCUT2D eigenvalue weighted by Gasteiger charge is 2.25. The number of hydrogen-bond donors (Lipinski definition) is 2. The lowest BCUT2D eigenvalue weighted by atomic mass is 9.91. The Labute approximate surface area is 86.5 Å². The molecule has 2 fully saturated rings. The second-order valence-corrected chi connectivity index (χ2v) is 4.57. The first-order valence-corrected chi connectivity index (χ1v) is 5.98. The monoisotopic (exact) mass is 198 g/mol. The van der Waals surface area contributed by atoms with E-state index in [2.05, 4.69) is 10.2 Å². The molecule has 0 heterocycles. The fourth-order valence-electron chi connectivity index (χ4n) is 2.06. The number of aliphatic hydroxyl groups is 1. The lowest BCUT2D eigenvalue weighted by molar-refractivity contribution is 0.102. The van der Waals surface area contributed by atoms with Crippen molar-refractivity contribution in [3.63, 3.8) is 0 Å². The third-order valence-electron chi connectivity index (χ3n) is 3.39. The van der Waals surface area contributed by atoms with Gasteiger partial charge >= 0.3 is 0 Å². The summed E-state index contributed by atoms with van der Waals surface area (Å²) in [7, 11) is 0. The van der Waals surface area contributed by atoms with Gasteiger partial charge in [0.2, 0.25) is 0 Å². The van der Waals surface area contributed by atoms with Crippen LogP contribution in [0.1, 0.15) is 32.1 Å². The van der Waals surface area contributed by atoms with Crippen LogP contribution in [0.2, 0.25) is 0 Å². The van der Waals surface area contributed by atoms with E-state index in [4.69, 9.17) is 5.11 Å². The first-order valence-electron chi connectivity index (χ1n) is 5.98. The maximum atomic E-state index is 8.96. The average Bonchev–Trinajstić information content (AvgIpc) is 2.85. The molecule has 0 unspecified atom stereocenters. The van der Waals surface area contributed by atoms with Crippen LogP contribution in [0.25, 0.3) is 0 Å². The van der Waals surface area contributed by atoms with Crippen molar-refractivity contribution in [2.45, 2.75) is 44.2 Å². The molecule has 2 saturated carbocycles. The third kappa shape index (κ3) is 2.94. The van der Waals surface area contributed by atoms with Gasteiger partial charge < -0.3 is 10.4 Å². The molecule has 0 atom stereocenters. The quantitative estimate of drug-likeness (QED) is 0.628. The van der Waals surface area contributed by atoms with Gasteiger partial charge in [0.1, 0.15) is 0 Å². The van der Waals surface area contributed by atoms with Gasteiger partial charge in [0.15, 0.2) is 0 Å². The lowest BCUT2D eigenvalue weighted by Crippen LogP contribution is -2.45. The van der Waals surface area contributed by atoms with Gasteiger partial charge in [-0.2, -0.15) is 0 Å². The fourth-order valence-corrected chi connectivity index (χ4v) is 2.06. The largest absolute Gasteiger partial charge is 0.395 e. The van der Waals surface area contributed by atoms with Crippen molar-refractivity contribution in [1.29, 1.82) is 0 Å². The van der Waals surface area contributed by atoms with E-state index < -0.39 is 0 Å². The third-order valence-corrected chi connectivity index (χ3v) is 3.39. The Morgan fingerprint density at radius 2 is 1.93 bits per heavy atom. The van der Waals surface area contributed by atoms with Gasteiger partial charge in [-0.15, -0.1) is 0 Å². The minimum Gasteiger partial charge on any atom is -0.395 e. The molecule has 0 spiro atoms. The molecule has 2 aliphatic rings. The predicted molar refractivity (Wildman–Crippen MR) is 57.3 cm³/mol. The number of nitrogens with one attached hydrogen (secondary N) is 1. The molecule has 2 rings (SSSR count). The number of nitrogens with zero attached hydrogens (tertiary/aromatic N) is 1. The maximum absolute atomic E-state index is 8.96. The molecule has 2 N–H and O–H groups in total. The summed E-state index contributed by atoms with van der Waals surface area (Å²) in [6.07, 6.45) is 6.78. The highest BCUT2D eigenvalue weighted by atomic mass is 16.3. The van der Waals surface area contributed by atoms with Crippen LogP contribution in [-0.4, -0.2) is 48.3 Å². The topological polar surface area (TPSA) is 35.5 Å². The molecule has 2 aliphatic carbocycles. The van der Waals surface area contributed by atoms with Crippen LogP contribution in [0, 0.1) is 0 Å². The molecule has 0 aromatic heterocycles. The summed E-state index contributed by atoms with van der Waals surface area (Å²) in [5, 5.41) is 12.5. The molecule has 0 radical (unpaired) electrons. The van der Waals surface area contributed by atoms with Crippen molar-refractivity contribution in [2.24, 2.45) is 0 Å². The molecular formula is C11H22N2O. The first-order chi connectivity index (χ1) is 6.90. The van der Waals surface area contributed by atoms with E-state index in [0.29, 0.717) is 6.61 Å². The Morgan fingerprint density at radius 3 is 2.43 bits per heavy atom. The zero-order valence-electron chi connectivity index (χ0n) is 8.91. The van der Waals surface area contributed by atoms with Crippen molar-refractivity contribution in [1.82, 2.24) is 10.2 Å². The van der Waals surface area contributed by atoms with E-state index in [1.54, 1.807) is 0 Å². The molecule has 0 amide bonds. The molecule has 14 heavy (non-hydrogen) atoms. The Kier molecular flexibility index (Phi) is 3.79. The second kappa shape index (κ2) is 5.10. The zero-order chi connectivity index (χ0) is 9.80. The summed E-state index contributed by atoms with van der Waals surface area (Å²) in [6, 6.07) is 1.58. The van der Waals surface area contributed by atoms with Crippen LogP contribution in [0.15, 0.2) is 0 Å². The van der Waals surface area contributed by atoms with Gasteiger partial charge in [0.05, 0.1) is 6.61 Å². The SMILES string of the molecule is OCCN(CCNC1CC1)C1CCC1. The van der Waals surface area contributed by atoms with E-state index in [1.807, 2.05) is 0 Å². The second-order valence-electron chi connectivity index (χ2n) is 4.57. The van der Waals surface area contributed by atoms with Crippen LogP contribution in [0.5, 0.6) is 0 Å². The standard InChI is InChI=1S/C11H22N2O/c14-9-8-13(11-2-1-3-11)7-6-12-10-4-5-10/h10-12,14H,1-9H2. The van der Waals surface area contributed by atoms with Crippen molar-refractivity contribution < 1.29 is 5.11 Å². The highest BCUT2D eigenvalue weighted by Crippen LogP contribution is 2.24. The number of rotatable bonds is 7. The van der Waals surface area contributed by atoms with Gasteiger partial charge in [-0.25, -0.2) is 0 Å². The van der Waals surface area contributed by atoms with Gasteiger partial charge in [0.25, 0.3) is 0 Å². The Bertz CT molecular complexity index is 167. The molecule has 3 heteroatoms. The molecule has 0 aromatic rings. The van der Waals surface area contributed by atoms with E-state index >= 15 is 0 Å². The van der Waals surface area contributed by atoms with Crippen LogP contribution in [0.4, 0.5) is 0 Å². The van der Waals surface area contributed by atoms with Crippen molar-refractivity contribution in [3.05, 3.63) is 0 Å². The smallest absolute Gasteiger partial charge is 0.0558 e. The van der Waals surface area contributed by atoms with Crippen molar-refractivity contribution in [2.75, 3.05) is 26.2 Å². The van der Waals surface area contributed by atoms with E-state index in [1.165, 1.54) is 32.1 Å². The predicted octanol–water partition coefficient (Wildman–Crippen LogP) is 0.585. The fraction of sp³-hybridized carbons (Fsp3) is 1.00. The van der Waals surface area contributed by atoms with Crippen molar-refractivity contribution in [3.8, 4) is 0 Å². The molecule has 0 aliphatic heterocycles. The molecule has 0 aromatic carbocycles. The molecule has 82 valence electrons. The van der Waals surface area contributed by atoms with Gasteiger partial charge in [-0.3, -0.25) is 4.90 Å². The Hall–Kier alpha value is -0.120. The lowest BCUT2D eigenvalue weighted by Gasteiger charge is -2.37. The maximum Gasteiger partial charge on any atom is 0.0558 e. The van der Waals surface area contributed by atoms with Gasteiger partial charge in [-0.05, 0) is 25.7 Å². The number of aliphatic hydroxyl groups excluding tert-OH is 1. The zero-order valence-corrected chi connectivity index (χ0v) is 8.91. The Morgan fingerprint density at radius 1 is 1.14 bits per heavy atom. The first kappa shape index (κ1) is 10.4. The summed E-state index contributed by atoms with van der Waals surface area (Å²) in [5.74, 6) is 0. The van der Waals surface area contributed by atoms with Crippen LogP contribution in [0.3, 0.4) is 0 Å². The molecule has 0 saturated heterocycles. The molecule has 3 nitrogen and oxygen atoms in total. The minimum absolute atomic E-state index is 0.305. The Balaban J connectivity index is 1.61. The van der Waals surface area contributed by atoms with Crippen LogP contribution >= 0.6 is 0 Å². The van der Waals surface area contributed by atoms with Crippen molar-refractivity contribution >= 4 is 0 Å². The van der Waals surface area contributed by atoms with Crippen LogP contribution in [-0.2, 0) is 0 Å². The summed E-state index contributed by atoms with van der Waals surface area (Å²) in [5.41, 5.74) is 0. The van der Waals surface area contributed by atoms with E-state index in [9.17, 15) is 0 Å². The summed E-state index contributed by atoms with van der Waals surface area (Å²) >= 11 is 0. The highest BCUT2D eigenvalue weighted by molar-refractivity contribution is 4.83. The van der Waals surface area contributed by atoms with E-state index in [-0.39, 0.29) is 0 Å². The molecule has 0 bridgehead atoms. The average molecular weight is 198 g/mol. The normalized spacial score (nSPS) is 22.7. The van der Waals surface area contributed by atoms with E-state index in [0.717, 1.165) is 31.7 Å². The summed E-state index contributed by atoms with van der Waals surface area (Å²) in [6.45, 7) is 3.37. The van der Waals surface area contributed by atoms with Crippen LogP contribution < -0.4 is 5.32 Å². The summed E-state index contributed by atoms with van der Waals surface area (Å²) < 4.78 is 0. The minimum atomic E-state index is 0.305. The van der Waals surface area contributed by atoms with Gasteiger partial charge in [0, 0.05) is 31.7 Å².